The molecule has 0 heterocycles. The number of sulfonamides is 2. The first kappa shape index (κ1) is 29.1. The van der Waals surface area contributed by atoms with Gasteiger partial charge in [-0.1, -0.05) is 11.6 Å². The van der Waals surface area contributed by atoms with Gasteiger partial charge >= 0.3 is 0 Å². The first-order chi connectivity index (χ1) is 17.9. The lowest BCUT2D eigenvalue weighted by Crippen LogP contribution is -2.31. The minimum Gasteiger partial charge on any atom is -0.497 e. The third kappa shape index (κ3) is 7.76. The molecule has 13 heteroatoms. The molecule has 3 rings (SSSR count). The van der Waals surface area contributed by atoms with Crippen molar-refractivity contribution < 1.29 is 31.1 Å². The molecular formula is C25H28ClN3O7S2. The van der Waals surface area contributed by atoms with Crippen LogP contribution in [0.5, 0.6) is 11.5 Å². The Morgan fingerprint density at radius 1 is 0.895 bits per heavy atom. The summed E-state index contributed by atoms with van der Waals surface area (Å²) < 4.78 is 63.7. The second-order valence-corrected chi connectivity index (χ2v) is 12.2. The van der Waals surface area contributed by atoms with E-state index in [2.05, 4.69) is 10.0 Å². The third-order valence-corrected chi connectivity index (χ3v) is 8.27. The lowest BCUT2D eigenvalue weighted by molar-refractivity contribution is -0.116. The van der Waals surface area contributed by atoms with Crippen molar-refractivity contribution in [3.63, 3.8) is 0 Å². The van der Waals surface area contributed by atoms with Gasteiger partial charge in [0, 0.05) is 24.3 Å². The molecule has 3 aromatic rings. The summed E-state index contributed by atoms with van der Waals surface area (Å²) in [4.78, 5) is 12.5. The van der Waals surface area contributed by atoms with E-state index < -0.39 is 20.0 Å². The van der Waals surface area contributed by atoms with Crippen molar-refractivity contribution in [3.05, 3.63) is 71.8 Å². The predicted molar refractivity (Wildman–Crippen MR) is 148 cm³/mol. The second kappa shape index (κ2) is 12.4. The fourth-order valence-corrected chi connectivity index (χ4v) is 5.76. The Morgan fingerprint density at radius 3 is 2.08 bits per heavy atom. The molecule has 38 heavy (non-hydrogen) atoms. The van der Waals surface area contributed by atoms with E-state index in [9.17, 15) is 21.6 Å². The highest BCUT2D eigenvalue weighted by atomic mass is 35.5. The van der Waals surface area contributed by atoms with Gasteiger partial charge in [-0.15, -0.1) is 0 Å². The fourth-order valence-electron chi connectivity index (χ4n) is 3.49. The quantitative estimate of drug-likeness (QED) is 0.325. The zero-order chi connectivity index (χ0) is 27.9. The van der Waals surface area contributed by atoms with Crippen LogP contribution in [0.25, 0.3) is 0 Å². The van der Waals surface area contributed by atoms with Crippen molar-refractivity contribution in [1.29, 1.82) is 0 Å². The van der Waals surface area contributed by atoms with E-state index in [-0.39, 0.29) is 35.2 Å². The van der Waals surface area contributed by atoms with Crippen molar-refractivity contribution >= 4 is 54.6 Å². The molecule has 1 amide bonds. The zero-order valence-corrected chi connectivity index (χ0v) is 23.4. The number of hydrogen-bond donors (Lipinski definition) is 2. The number of carbonyl (C=O) groups excluding carboxylic acids is 1. The monoisotopic (exact) mass is 581 g/mol. The highest BCUT2D eigenvalue weighted by Crippen LogP contribution is 2.30. The second-order valence-electron chi connectivity index (χ2n) is 8.16. The van der Waals surface area contributed by atoms with Crippen molar-refractivity contribution in [2.45, 2.75) is 17.7 Å². The molecule has 0 unspecified atom stereocenters. The lowest BCUT2D eigenvalue weighted by atomic mass is 10.2. The van der Waals surface area contributed by atoms with Gasteiger partial charge in [0.15, 0.2) is 0 Å². The maximum Gasteiger partial charge on any atom is 0.261 e. The van der Waals surface area contributed by atoms with E-state index >= 15 is 0 Å². The fraction of sp³-hybridized carbons (Fsp3) is 0.240. The number of amides is 1. The van der Waals surface area contributed by atoms with Crippen molar-refractivity contribution in [2.75, 3.05) is 41.4 Å². The van der Waals surface area contributed by atoms with E-state index in [4.69, 9.17) is 21.1 Å². The van der Waals surface area contributed by atoms with Crippen molar-refractivity contribution in [3.8, 4) is 11.5 Å². The number of nitrogens with one attached hydrogen (secondary N) is 2. The summed E-state index contributed by atoms with van der Waals surface area (Å²) in [6.07, 6.45) is 1.35. The van der Waals surface area contributed by atoms with Crippen LogP contribution in [0.2, 0.25) is 5.02 Å². The molecule has 0 aliphatic heterocycles. The Bertz CT molecular complexity index is 1480. The van der Waals surface area contributed by atoms with Gasteiger partial charge in [0.1, 0.15) is 11.5 Å². The normalized spacial score (nSPS) is 11.5. The van der Waals surface area contributed by atoms with Crippen LogP contribution in [0, 0.1) is 0 Å². The molecule has 204 valence electrons. The van der Waals surface area contributed by atoms with Gasteiger partial charge in [-0.2, -0.15) is 0 Å². The molecule has 0 aliphatic rings. The molecular weight excluding hydrogens is 554 g/mol. The molecule has 0 aromatic heterocycles. The number of ether oxygens (including phenoxy) is 2. The van der Waals surface area contributed by atoms with Crippen LogP contribution < -0.4 is 23.8 Å². The molecule has 10 nitrogen and oxygen atoms in total. The average Bonchev–Trinajstić information content (AvgIpc) is 2.86. The molecule has 3 aromatic carbocycles. The molecule has 0 spiro atoms. The number of rotatable bonds is 12. The van der Waals surface area contributed by atoms with Gasteiger partial charge in [0.25, 0.3) is 10.0 Å². The molecule has 0 saturated heterocycles. The summed E-state index contributed by atoms with van der Waals surface area (Å²) in [5.41, 5.74) is 1.14. The molecule has 0 aliphatic carbocycles. The molecule has 2 N–H and O–H groups in total. The maximum absolute atomic E-state index is 12.7. The number of halogens is 1. The summed E-state index contributed by atoms with van der Waals surface area (Å²) >= 11 is 6.13. The molecule has 0 fully saturated rings. The minimum atomic E-state index is -3.83. The van der Waals surface area contributed by atoms with E-state index in [0.29, 0.717) is 28.6 Å². The van der Waals surface area contributed by atoms with Gasteiger partial charge in [0.2, 0.25) is 15.9 Å². The van der Waals surface area contributed by atoms with Crippen LogP contribution in [-0.2, 0) is 24.8 Å². The van der Waals surface area contributed by atoms with Gasteiger partial charge in [0.05, 0.1) is 36.1 Å². The van der Waals surface area contributed by atoms with Gasteiger partial charge in [-0.25, -0.2) is 16.8 Å². The van der Waals surface area contributed by atoms with E-state index in [1.807, 2.05) is 0 Å². The number of hydrogen-bond acceptors (Lipinski definition) is 7. The van der Waals surface area contributed by atoms with Crippen LogP contribution in [0.3, 0.4) is 0 Å². The Labute approximate surface area is 227 Å². The SMILES string of the molecule is COc1ccc(NS(=O)(=O)c2ccc(NC(=O)CCCN(c3ccc(OC)c(Cl)c3)S(C)(=O)=O)cc2)cc1. The third-order valence-electron chi connectivity index (χ3n) is 5.38. The number of anilines is 3. The maximum atomic E-state index is 12.7. The Kier molecular flexibility index (Phi) is 9.47. The number of nitrogens with zero attached hydrogens (tertiary/aromatic N) is 1. The zero-order valence-electron chi connectivity index (χ0n) is 21.0. The van der Waals surface area contributed by atoms with E-state index in [1.165, 1.54) is 48.9 Å². The lowest BCUT2D eigenvalue weighted by Gasteiger charge is -2.23. The van der Waals surface area contributed by atoms with Crippen LogP contribution >= 0.6 is 11.6 Å². The minimum absolute atomic E-state index is 0.0215. The van der Waals surface area contributed by atoms with Crippen molar-refractivity contribution in [2.24, 2.45) is 0 Å². The summed E-state index contributed by atoms with van der Waals surface area (Å²) in [5.74, 6) is 0.666. The summed E-state index contributed by atoms with van der Waals surface area (Å²) in [7, 11) is -4.48. The molecule has 0 radical (unpaired) electrons. The van der Waals surface area contributed by atoms with Crippen molar-refractivity contribution in [1.82, 2.24) is 0 Å². The smallest absolute Gasteiger partial charge is 0.261 e. The Balaban J connectivity index is 1.57. The van der Waals surface area contributed by atoms with Gasteiger partial charge < -0.3 is 14.8 Å². The van der Waals surface area contributed by atoms with Crippen LogP contribution in [0.15, 0.2) is 71.6 Å². The largest absolute Gasteiger partial charge is 0.497 e. The van der Waals surface area contributed by atoms with Gasteiger partial charge in [-0.3, -0.25) is 13.8 Å². The first-order valence-electron chi connectivity index (χ1n) is 11.3. The predicted octanol–water partition coefficient (Wildman–Crippen LogP) is 4.34. The highest BCUT2D eigenvalue weighted by Gasteiger charge is 2.19. The van der Waals surface area contributed by atoms with E-state index in [0.717, 1.165) is 6.26 Å². The highest BCUT2D eigenvalue weighted by molar-refractivity contribution is 7.92. The first-order valence-corrected chi connectivity index (χ1v) is 15.0. The summed E-state index contributed by atoms with van der Waals surface area (Å²) in [6, 6.07) is 16.8. The van der Waals surface area contributed by atoms with Crippen LogP contribution in [-0.4, -0.2) is 49.8 Å². The number of benzene rings is 3. The molecule has 0 atom stereocenters. The Hall–Kier alpha value is -3.48. The van der Waals surface area contributed by atoms with E-state index in [1.54, 1.807) is 36.4 Å². The standard InChI is InChI=1S/C25H28ClN3O7S2/c1-35-21-11-6-19(7-12-21)28-38(33,34)22-13-8-18(9-14-22)27-25(30)5-4-16-29(37(3,31)32)20-10-15-24(36-2)23(26)17-20/h6-15,17,28H,4-5,16H2,1-3H3,(H,27,30). The number of methoxy groups -OCH3 is 2. The molecule has 0 saturated carbocycles. The average molecular weight is 582 g/mol. The number of carbonyl (C=O) groups is 1. The summed E-state index contributed by atoms with van der Waals surface area (Å²) in [6.45, 7) is 0.0587. The van der Waals surface area contributed by atoms with Gasteiger partial charge in [-0.05, 0) is 73.2 Å². The molecule has 0 bridgehead atoms. The van der Waals surface area contributed by atoms with Crippen LogP contribution in [0.4, 0.5) is 17.1 Å². The Morgan fingerprint density at radius 2 is 1.53 bits per heavy atom. The summed E-state index contributed by atoms with van der Waals surface area (Å²) in [5, 5.41) is 2.95. The van der Waals surface area contributed by atoms with Crippen LogP contribution in [0.1, 0.15) is 12.8 Å². The topological polar surface area (TPSA) is 131 Å².